The van der Waals surface area contributed by atoms with Crippen molar-refractivity contribution in [3.8, 4) is 0 Å². The molecule has 0 spiro atoms. The first-order chi connectivity index (χ1) is 15.5. The van der Waals surface area contributed by atoms with Crippen molar-refractivity contribution in [3.05, 3.63) is 12.2 Å². The van der Waals surface area contributed by atoms with Gasteiger partial charge in [-0.1, -0.05) is 13.5 Å². The highest BCUT2D eigenvalue weighted by molar-refractivity contribution is 7.87. The SMILES string of the molecule is C=C(C(O)OC(OCCCCC(F)(F)C(F)(F)S(=O)(=O)O)(C(=O)OCCC)C(F)(F)F)C(F)(F)F. The van der Waals surface area contributed by atoms with Crippen molar-refractivity contribution in [2.75, 3.05) is 13.2 Å². The molecule has 0 aromatic heterocycles. The van der Waals surface area contributed by atoms with Crippen molar-refractivity contribution < 1.29 is 81.0 Å². The van der Waals surface area contributed by atoms with Crippen LogP contribution >= 0.6 is 0 Å². The summed E-state index contributed by atoms with van der Waals surface area (Å²) in [5, 5.41) is 3.46. The fourth-order valence-electron chi connectivity index (χ4n) is 2.06. The van der Waals surface area contributed by atoms with Crippen molar-refractivity contribution in [3.63, 3.8) is 0 Å². The van der Waals surface area contributed by atoms with Gasteiger partial charge in [0.15, 0.2) is 6.29 Å². The number of esters is 1. The van der Waals surface area contributed by atoms with Gasteiger partial charge >= 0.3 is 45.4 Å². The number of hydrogen-bond donors (Lipinski definition) is 2. The van der Waals surface area contributed by atoms with E-state index in [1.165, 1.54) is 6.92 Å². The summed E-state index contributed by atoms with van der Waals surface area (Å²) in [4.78, 5) is 12.0. The van der Waals surface area contributed by atoms with E-state index in [4.69, 9.17) is 4.55 Å². The van der Waals surface area contributed by atoms with Crippen molar-refractivity contribution in [1.29, 1.82) is 0 Å². The maximum atomic E-state index is 13.7. The Balaban J connectivity index is 5.72. The van der Waals surface area contributed by atoms with E-state index in [-0.39, 0.29) is 6.42 Å². The number of alkyl halides is 10. The lowest BCUT2D eigenvalue weighted by Gasteiger charge is -2.35. The van der Waals surface area contributed by atoms with Gasteiger partial charge in [0.1, 0.15) is 0 Å². The number of ether oxygens (including phenoxy) is 3. The summed E-state index contributed by atoms with van der Waals surface area (Å²) in [7, 11) is -6.57. The van der Waals surface area contributed by atoms with Crippen molar-refractivity contribution in [2.45, 2.75) is 68.2 Å². The molecule has 2 atom stereocenters. The van der Waals surface area contributed by atoms with E-state index in [9.17, 15) is 62.2 Å². The molecule has 0 amide bonds. The van der Waals surface area contributed by atoms with E-state index in [0.717, 1.165) is 0 Å². The van der Waals surface area contributed by atoms with Crippen LogP contribution in [-0.4, -0.2) is 72.9 Å². The quantitative estimate of drug-likeness (QED) is 0.0816. The number of carbonyl (C=O) groups is 1. The number of aliphatic hydroxyl groups is 1. The molecule has 0 saturated heterocycles. The van der Waals surface area contributed by atoms with Crippen LogP contribution < -0.4 is 0 Å². The minimum Gasteiger partial charge on any atom is -0.461 e. The Morgan fingerprint density at radius 3 is 1.89 bits per heavy atom. The smallest absolute Gasteiger partial charge is 0.455 e. The second-order valence-electron chi connectivity index (χ2n) is 6.75. The molecule has 0 bridgehead atoms. The summed E-state index contributed by atoms with van der Waals surface area (Å²) in [6.45, 7) is 1.41. The summed E-state index contributed by atoms with van der Waals surface area (Å²) in [5.74, 6) is -12.6. The second kappa shape index (κ2) is 11.6. The van der Waals surface area contributed by atoms with Crippen LogP contribution in [0.25, 0.3) is 0 Å². The van der Waals surface area contributed by atoms with Gasteiger partial charge in [0, 0.05) is 6.42 Å². The average Bonchev–Trinajstić information content (AvgIpc) is 2.67. The highest BCUT2D eigenvalue weighted by Crippen LogP contribution is 2.42. The lowest BCUT2D eigenvalue weighted by atomic mass is 10.1. The molecule has 35 heavy (non-hydrogen) atoms. The van der Waals surface area contributed by atoms with Gasteiger partial charge in [0.05, 0.1) is 18.8 Å². The second-order valence-corrected chi connectivity index (χ2v) is 8.21. The normalized spacial score (nSPS) is 16.5. The van der Waals surface area contributed by atoms with Gasteiger partial charge in [-0.3, -0.25) is 9.29 Å². The maximum absolute atomic E-state index is 13.7. The molecular weight excluding hydrogens is 542 g/mol. The van der Waals surface area contributed by atoms with Gasteiger partial charge in [0.2, 0.25) is 0 Å². The molecule has 0 heterocycles. The van der Waals surface area contributed by atoms with E-state index < -0.39 is 89.7 Å². The van der Waals surface area contributed by atoms with Crippen LogP contribution in [0.5, 0.6) is 0 Å². The zero-order chi connectivity index (χ0) is 28.1. The Morgan fingerprint density at radius 2 is 1.49 bits per heavy atom. The number of hydrogen-bond acceptors (Lipinski definition) is 7. The standard InChI is InChI=1S/C16H20F10O8S/c1-3-7-32-11(28)13(15(22,23)24,34-10(27)9(2)14(19,20)21)33-8-5-4-6-12(17,18)16(25,26)35(29,30)31/h10,27H,2-8H2,1H3,(H,29,30,31). The summed E-state index contributed by atoms with van der Waals surface area (Å²) in [5.41, 5.74) is -2.29. The molecule has 0 aromatic rings. The van der Waals surface area contributed by atoms with Crippen LogP contribution in [-0.2, 0) is 29.1 Å². The average molecular weight is 562 g/mol. The van der Waals surface area contributed by atoms with Crippen LogP contribution in [0.3, 0.4) is 0 Å². The number of unbranched alkanes of at least 4 members (excludes halogenated alkanes) is 1. The van der Waals surface area contributed by atoms with Crippen LogP contribution in [0, 0.1) is 0 Å². The topological polar surface area (TPSA) is 119 Å². The van der Waals surface area contributed by atoms with Crippen molar-refractivity contribution in [1.82, 2.24) is 0 Å². The molecule has 0 aliphatic rings. The molecule has 0 saturated carbocycles. The molecule has 208 valence electrons. The first-order valence-electron chi connectivity index (χ1n) is 9.20. The summed E-state index contributed by atoms with van der Waals surface area (Å²) in [6.07, 6.45) is -19.4. The molecule has 2 N–H and O–H groups in total. The molecule has 19 heteroatoms. The zero-order valence-electron chi connectivity index (χ0n) is 17.6. The minimum atomic E-state index is -6.57. The third-order valence-electron chi connectivity index (χ3n) is 3.96. The highest BCUT2D eigenvalue weighted by Gasteiger charge is 2.67. The number of halogens is 10. The van der Waals surface area contributed by atoms with E-state index in [0.29, 0.717) is 0 Å². The van der Waals surface area contributed by atoms with Crippen LogP contribution in [0.15, 0.2) is 12.2 Å². The summed E-state index contributed by atoms with van der Waals surface area (Å²) < 4.78 is 173. The number of rotatable bonds is 14. The van der Waals surface area contributed by atoms with Crippen LogP contribution in [0.1, 0.15) is 32.6 Å². The Morgan fingerprint density at radius 1 is 0.971 bits per heavy atom. The van der Waals surface area contributed by atoms with E-state index in [1.54, 1.807) is 0 Å². The monoisotopic (exact) mass is 562 g/mol. The van der Waals surface area contributed by atoms with Gasteiger partial charge in [0.25, 0.3) is 0 Å². The number of carbonyl (C=O) groups excluding carboxylic acids is 1. The molecular formula is C16H20F10O8S. The van der Waals surface area contributed by atoms with Crippen LogP contribution in [0.2, 0.25) is 0 Å². The van der Waals surface area contributed by atoms with Gasteiger partial charge in [-0.15, -0.1) is 0 Å². The molecule has 2 unspecified atom stereocenters. The fraction of sp³-hybridized carbons (Fsp3) is 0.812. The fourth-order valence-corrected chi connectivity index (χ4v) is 2.54. The van der Waals surface area contributed by atoms with E-state index in [2.05, 4.69) is 20.8 Å². The molecule has 0 fully saturated rings. The first kappa shape index (κ1) is 33.3. The molecule has 0 radical (unpaired) electrons. The molecule has 0 aliphatic carbocycles. The summed E-state index contributed by atoms with van der Waals surface area (Å²) >= 11 is 0. The van der Waals surface area contributed by atoms with Gasteiger partial charge < -0.3 is 14.6 Å². The van der Waals surface area contributed by atoms with Crippen molar-refractivity contribution in [2.24, 2.45) is 0 Å². The van der Waals surface area contributed by atoms with E-state index >= 15 is 0 Å². The predicted octanol–water partition coefficient (Wildman–Crippen LogP) is 3.95. The molecule has 0 rings (SSSR count). The third kappa shape index (κ3) is 8.16. The number of aliphatic hydroxyl groups excluding tert-OH is 1. The molecule has 0 aliphatic heterocycles. The predicted molar refractivity (Wildman–Crippen MR) is 93.6 cm³/mol. The minimum absolute atomic E-state index is 0.0887. The Hall–Kier alpha value is -1.70. The third-order valence-corrected chi connectivity index (χ3v) is 4.91. The lowest BCUT2D eigenvalue weighted by Crippen LogP contribution is -2.59. The largest absolute Gasteiger partial charge is 0.461 e. The van der Waals surface area contributed by atoms with Crippen LogP contribution in [0.4, 0.5) is 43.9 Å². The lowest BCUT2D eigenvalue weighted by molar-refractivity contribution is -0.393. The summed E-state index contributed by atoms with van der Waals surface area (Å²) in [6, 6.07) is 0. The van der Waals surface area contributed by atoms with Gasteiger partial charge in [-0.25, -0.2) is 4.79 Å². The Kier molecular flexibility index (Phi) is 11.0. The van der Waals surface area contributed by atoms with Gasteiger partial charge in [-0.2, -0.15) is 52.3 Å². The van der Waals surface area contributed by atoms with E-state index in [1.807, 2.05) is 0 Å². The molecule has 0 aromatic carbocycles. The van der Waals surface area contributed by atoms with Crippen molar-refractivity contribution >= 4 is 16.1 Å². The zero-order valence-corrected chi connectivity index (χ0v) is 18.4. The Labute approximate surface area is 191 Å². The first-order valence-corrected chi connectivity index (χ1v) is 10.6. The molecule has 8 nitrogen and oxygen atoms in total. The highest BCUT2D eigenvalue weighted by atomic mass is 32.2. The van der Waals surface area contributed by atoms with Gasteiger partial charge in [-0.05, 0) is 19.3 Å². The maximum Gasteiger partial charge on any atom is 0.455 e. The Bertz CT molecular complexity index is 840.